The van der Waals surface area contributed by atoms with Gasteiger partial charge in [-0.3, -0.25) is 0 Å². The zero-order chi connectivity index (χ0) is 35.3. The van der Waals surface area contributed by atoms with Crippen molar-refractivity contribution in [2.24, 2.45) is 0 Å². The second-order valence-corrected chi connectivity index (χ2v) is 12.8. The van der Waals surface area contributed by atoms with Gasteiger partial charge in [-0.15, -0.1) is 36.5 Å². The molecule has 3 aromatic rings. The fourth-order valence-electron chi connectivity index (χ4n) is 5.92. The molecule has 5 rings (SSSR count). The van der Waals surface area contributed by atoms with Gasteiger partial charge in [0.05, 0.1) is 15.4 Å². The molecule has 0 spiro atoms. The number of hydrogen-bond donors (Lipinski definition) is 0. The van der Waals surface area contributed by atoms with Gasteiger partial charge in [0.1, 0.15) is 36.6 Å². The number of allylic oxidation sites excluding steroid dienone is 3. The van der Waals surface area contributed by atoms with Gasteiger partial charge < -0.3 is 4.74 Å². The van der Waals surface area contributed by atoms with E-state index in [0.717, 1.165) is 24.3 Å². The Hall–Kier alpha value is -5.29. The minimum Gasteiger partial charge on any atom is -0.406 e. The second kappa shape index (κ2) is 12.1. The van der Waals surface area contributed by atoms with Crippen molar-refractivity contribution in [1.82, 2.24) is 0 Å². The van der Waals surface area contributed by atoms with Crippen LogP contribution >= 0.6 is 22.4 Å². The maximum absolute atomic E-state index is 15.4. The van der Waals surface area contributed by atoms with E-state index >= 15 is 23.3 Å². The Morgan fingerprint density at radius 3 is 1.54 bits per heavy atom. The fourth-order valence-corrected chi connectivity index (χ4v) is 7.74. The van der Waals surface area contributed by atoms with Crippen LogP contribution in [0.15, 0.2) is 80.9 Å². The van der Waals surface area contributed by atoms with Crippen molar-refractivity contribution < 1.29 is 41.2 Å². The third-order valence-electron chi connectivity index (χ3n) is 7.60. The number of fused-ring (bicyclic) bond motifs is 2. The first-order valence-corrected chi connectivity index (χ1v) is 15.9. The van der Waals surface area contributed by atoms with Gasteiger partial charge in [0.25, 0.3) is 0 Å². The molecular formula is C32H15F9N4OS2. The highest BCUT2D eigenvalue weighted by Gasteiger charge is 2.45. The lowest BCUT2D eigenvalue weighted by Gasteiger charge is -2.22. The Kier molecular flexibility index (Phi) is 8.56. The minimum atomic E-state index is -6.46. The molecule has 3 aromatic carbocycles. The first-order valence-electron chi connectivity index (χ1n) is 13.2. The van der Waals surface area contributed by atoms with Gasteiger partial charge >= 0.3 is 12.2 Å². The summed E-state index contributed by atoms with van der Waals surface area (Å²) in [5, 5.41) is 17.6. The molecule has 16 heteroatoms. The van der Waals surface area contributed by atoms with Gasteiger partial charge in [-0.2, -0.15) is 20.2 Å². The number of hydrogen-bond acceptors (Lipinski definition) is 3. The van der Waals surface area contributed by atoms with E-state index in [-0.39, 0.29) is 22.3 Å². The van der Waals surface area contributed by atoms with E-state index in [2.05, 4.69) is 14.4 Å². The zero-order valence-electron chi connectivity index (χ0n) is 23.9. The molecule has 0 fully saturated rings. The van der Waals surface area contributed by atoms with Crippen molar-refractivity contribution in [2.45, 2.75) is 35.9 Å². The van der Waals surface area contributed by atoms with Crippen molar-refractivity contribution in [2.75, 3.05) is 0 Å². The summed E-state index contributed by atoms with van der Waals surface area (Å²) >= 11 is -12.9. The lowest BCUT2D eigenvalue weighted by Crippen LogP contribution is -2.27. The summed E-state index contributed by atoms with van der Waals surface area (Å²) in [6, 6.07) is 12.1. The van der Waals surface area contributed by atoms with Gasteiger partial charge in [-0.25, -0.2) is 0 Å². The Labute approximate surface area is 270 Å². The van der Waals surface area contributed by atoms with Crippen LogP contribution < -0.4 is 15.2 Å². The van der Waals surface area contributed by atoms with Gasteiger partial charge in [-0.05, 0) is 64.5 Å². The number of halogens is 9. The standard InChI is InChI=1S/C32H15F9N4OS2/c1-16-4-6-17(7-5-16)26-24(31(44-2)45-3)13-23-28(26)29(47(36,37)38)22-12-21(19(14-42)15-43)25(27(22)30(23)48(39,40)41)18-8-10-20(11-9-18)46-32(33,34)35/h4-11H,12-13H2,1H3. The number of nitrogens with zero attached hydrogens (tertiary/aromatic N) is 4. The van der Waals surface area contributed by atoms with E-state index in [9.17, 15) is 23.7 Å². The molecule has 0 radical (unpaired) electrons. The van der Waals surface area contributed by atoms with Crippen molar-refractivity contribution in [3.8, 4) is 17.9 Å². The fraction of sp³-hybridized carbons (Fsp3) is 0.125. The lowest BCUT2D eigenvalue weighted by molar-refractivity contribution is -0.274. The predicted molar refractivity (Wildman–Crippen MR) is 159 cm³/mol. The number of nitriles is 2. The first-order chi connectivity index (χ1) is 22.4. The van der Waals surface area contributed by atoms with Crippen LogP contribution in [0.3, 0.4) is 0 Å². The average molecular weight is 707 g/mol. The monoisotopic (exact) mass is 706 g/mol. The average Bonchev–Trinajstić information content (AvgIpc) is 3.55. The van der Waals surface area contributed by atoms with Crippen LogP contribution in [0.5, 0.6) is 5.75 Å². The van der Waals surface area contributed by atoms with Crippen LogP contribution in [-0.2, 0) is 12.8 Å². The van der Waals surface area contributed by atoms with E-state index < -0.39 is 101 Å². The van der Waals surface area contributed by atoms with Crippen LogP contribution in [-0.4, -0.2) is 6.36 Å². The molecule has 0 bridgehead atoms. The van der Waals surface area contributed by atoms with Crippen LogP contribution in [0.1, 0.15) is 27.8 Å². The number of rotatable bonds is 5. The predicted octanol–water partition coefficient (Wildman–Crippen LogP) is 9.43. The van der Waals surface area contributed by atoms with Crippen molar-refractivity contribution >= 4 is 33.5 Å². The van der Waals surface area contributed by atoms with Crippen LogP contribution in [0.25, 0.3) is 20.8 Å². The SMILES string of the molecule is [C-]#[N+]C([N+]#[C-])=C1Cc2c(S(F)(F)F)c3c(c(S(F)(F)F)c2=C1c1ccc(C)cc1)CC(=C(C#N)C#N)C=3c1ccc(OC(F)(F)F)cc1. The number of benzene rings is 3. The summed E-state index contributed by atoms with van der Waals surface area (Å²) in [5.74, 6) is -1.49. The quantitative estimate of drug-likeness (QED) is 0.151. The molecule has 5 nitrogen and oxygen atoms in total. The van der Waals surface area contributed by atoms with E-state index in [1.54, 1.807) is 6.92 Å². The highest BCUT2D eigenvalue weighted by molar-refractivity contribution is 8.21. The zero-order valence-corrected chi connectivity index (χ0v) is 25.6. The summed E-state index contributed by atoms with van der Waals surface area (Å²) in [6.45, 7) is 16.7. The van der Waals surface area contributed by atoms with Gasteiger partial charge in [0.2, 0.25) is 22.4 Å². The molecular weight excluding hydrogens is 691 g/mol. The maximum atomic E-state index is 15.4. The highest BCUT2D eigenvalue weighted by atomic mass is 32.3. The topological polar surface area (TPSA) is 65.5 Å². The van der Waals surface area contributed by atoms with Gasteiger partial charge in [-0.1, -0.05) is 42.0 Å². The van der Waals surface area contributed by atoms with Crippen LogP contribution in [0.4, 0.5) is 36.5 Å². The van der Waals surface area contributed by atoms with Crippen molar-refractivity contribution in [3.05, 3.63) is 132 Å². The largest absolute Gasteiger partial charge is 0.573 e. The first kappa shape index (κ1) is 34.1. The molecule has 0 aromatic heterocycles. The molecule has 0 unspecified atom stereocenters. The molecule has 244 valence electrons. The van der Waals surface area contributed by atoms with E-state index in [1.807, 2.05) is 0 Å². The maximum Gasteiger partial charge on any atom is 0.573 e. The minimum absolute atomic E-state index is 0.0417. The highest BCUT2D eigenvalue weighted by Crippen LogP contribution is 2.65. The Morgan fingerprint density at radius 2 is 1.15 bits per heavy atom. The van der Waals surface area contributed by atoms with E-state index in [1.165, 1.54) is 36.4 Å². The molecule has 0 saturated carbocycles. The summed E-state index contributed by atoms with van der Waals surface area (Å²) < 4.78 is 135. The molecule has 0 aliphatic heterocycles. The summed E-state index contributed by atoms with van der Waals surface area (Å²) in [4.78, 5) is 3.35. The Morgan fingerprint density at radius 1 is 0.729 bits per heavy atom. The van der Waals surface area contributed by atoms with E-state index in [4.69, 9.17) is 13.1 Å². The number of ether oxygens (including phenoxy) is 1. The van der Waals surface area contributed by atoms with Gasteiger partial charge in [0.15, 0.2) is 0 Å². The number of alkyl halides is 3. The Balaban J connectivity index is 2.11. The molecule has 0 heterocycles. The van der Waals surface area contributed by atoms with Crippen LogP contribution in [0, 0.1) is 42.7 Å². The van der Waals surface area contributed by atoms with Gasteiger partial charge in [0, 0.05) is 16.9 Å². The normalized spacial score (nSPS) is 14.7. The summed E-state index contributed by atoms with van der Waals surface area (Å²) in [6.07, 6.45) is -6.92. The molecule has 0 atom stereocenters. The molecule has 48 heavy (non-hydrogen) atoms. The molecule has 0 N–H and O–H groups in total. The smallest absolute Gasteiger partial charge is 0.406 e. The lowest BCUT2D eigenvalue weighted by atomic mass is 9.95. The van der Waals surface area contributed by atoms with Crippen molar-refractivity contribution in [1.29, 1.82) is 10.5 Å². The van der Waals surface area contributed by atoms with Crippen molar-refractivity contribution in [3.63, 3.8) is 0 Å². The second-order valence-electron chi connectivity index (χ2n) is 10.3. The number of aryl methyl sites for hydroxylation is 1. The summed E-state index contributed by atoms with van der Waals surface area (Å²) in [7, 11) is 0. The van der Waals surface area contributed by atoms with E-state index in [0.29, 0.717) is 5.56 Å². The molecule has 2 aliphatic carbocycles. The summed E-state index contributed by atoms with van der Waals surface area (Å²) in [5.41, 5.74) is -3.76. The molecule has 0 amide bonds. The third kappa shape index (κ3) is 5.97. The molecule has 0 saturated heterocycles. The Bertz CT molecular complexity index is 2220. The molecule has 2 aliphatic rings. The third-order valence-corrected chi connectivity index (χ3v) is 9.43. The van der Waals surface area contributed by atoms with Crippen LogP contribution in [0.2, 0.25) is 0 Å².